The van der Waals surface area contributed by atoms with Crippen LogP contribution in [0.25, 0.3) is 0 Å². The molecule has 2 N–H and O–H groups in total. The topological polar surface area (TPSA) is 77.7 Å². The van der Waals surface area contributed by atoms with Crippen LogP contribution in [0.2, 0.25) is 0 Å². The number of anilines is 1. The maximum Gasteiger partial charge on any atom is 0.225 e. The molecule has 1 saturated heterocycles. The molecule has 0 saturated carbocycles. The van der Waals surface area contributed by atoms with Crippen LogP contribution >= 0.6 is 0 Å². The smallest absolute Gasteiger partial charge is 0.225 e. The molecule has 0 amide bonds. The Kier molecular flexibility index (Phi) is 4.97. The van der Waals surface area contributed by atoms with E-state index in [0.717, 1.165) is 81.9 Å². The molecule has 1 aliphatic carbocycles. The number of hydrogen-bond acceptors (Lipinski definition) is 6. The molecule has 3 heterocycles. The second-order valence-electron chi connectivity index (χ2n) is 7.19. The van der Waals surface area contributed by atoms with Crippen molar-refractivity contribution in [2.45, 2.75) is 38.6 Å². The summed E-state index contributed by atoms with van der Waals surface area (Å²) in [6.07, 6.45) is 8.43. The van der Waals surface area contributed by atoms with Crippen LogP contribution in [0.5, 0.6) is 11.8 Å². The van der Waals surface area contributed by atoms with Gasteiger partial charge in [0.2, 0.25) is 5.95 Å². The largest absolute Gasteiger partial charge is 0.494 e. The molecule has 26 heavy (non-hydrogen) atoms. The molecule has 7 nitrogen and oxygen atoms in total. The molecule has 140 valence electrons. The normalized spacial score (nSPS) is 18.1. The van der Waals surface area contributed by atoms with Crippen molar-refractivity contribution in [3.05, 3.63) is 29.6 Å². The van der Waals surface area contributed by atoms with Crippen LogP contribution in [0, 0.1) is 0 Å². The van der Waals surface area contributed by atoms with Gasteiger partial charge in [-0.05, 0) is 44.7 Å². The molecule has 2 aromatic heterocycles. The van der Waals surface area contributed by atoms with E-state index in [1.807, 2.05) is 6.07 Å². The van der Waals surface area contributed by atoms with Crippen LogP contribution in [-0.4, -0.2) is 62.4 Å². The van der Waals surface area contributed by atoms with E-state index in [4.69, 9.17) is 0 Å². The van der Waals surface area contributed by atoms with Crippen LogP contribution in [0.15, 0.2) is 18.5 Å². The number of aromatic nitrogens is 3. The van der Waals surface area contributed by atoms with E-state index in [0.29, 0.717) is 6.54 Å². The Morgan fingerprint density at radius 2 is 1.46 bits per heavy atom. The SMILES string of the molecule is Oc1c2c(c(O)n1CCCN1CCN(c3ncccn3)CC1)CCCC2. The van der Waals surface area contributed by atoms with Crippen LogP contribution in [0.3, 0.4) is 0 Å². The van der Waals surface area contributed by atoms with Crippen LogP contribution in [0.4, 0.5) is 5.95 Å². The van der Waals surface area contributed by atoms with E-state index < -0.39 is 0 Å². The molecule has 4 rings (SSSR count). The molecular weight excluding hydrogens is 330 g/mol. The monoisotopic (exact) mass is 357 g/mol. The first-order valence-electron chi connectivity index (χ1n) is 9.60. The van der Waals surface area contributed by atoms with Crippen molar-refractivity contribution in [2.24, 2.45) is 0 Å². The third-order valence-corrected chi connectivity index (χ3v) is 5.58. The van der Waals surface area contributed by atoms with Gasteiger partial charge < -0.3 is 15.1 Å². The molecule has 1 aliphatic heterocycles. The van der Waals surface area contributed by atoms with Crippen LogP contribution in [-0.2, 0) is 19.4 Å². The van der Waals surface area contributed by atoms with Gasteiger partial charge in [0.25, 0.3) is 0 Å². The van der Waals surface area contributed by atoms with E-state index in [1.54, 1.807) is 17.0 Å². The predicted molar refractivity (Wildman–Crippen MR) is 99.7 cm³/mol. The maximum atomic E-state index is 10.4. The van der Waals surface area contributed by atoms with Crippen molar-refractivity contribution in [2.75, 3.05) is 37.6 Å². The Bertz CT molecular complexity index is 709. The van der Waals surface area contributed by atoms with Gasteiger partial charge in [0.1, 0.15) is 0 Å². The summed E-state index contributed by atoms with van der Waals surface area (Å²) in [6, 6.07) is 1.84. The van der Waals surface area contributed by atoms with Crippen molar-refractivity contribution in [1.29, 1.82) is 0 Å². The summed E-state index contributed by atoms with van der Waals surface area (Å²) in [5, 5.41) is 20.8. The molecule has 2 aliphatic rings. The van der Waals surface area contributed by atoms with Crippen molar-refractivity contribution in [3.8, 4) is 11.8 Å². The fourth-order valence-electron chi connectivity index (χ4n) is 4.12. The number of nitrogens with zero attached hydrogens (tertiary/aromatic N) is 5. The van der Waals surface area contributed by atoms with E-state index in [1.165, 1.54) is 0 Å². The lowest BCUT2D eigenvalue weighted by molar-refractivity contribution is 0.245. The minimum absolute atomic E-state index is 0.281. The highest BCUT2D eigenvalue weighted by Crippen LogP contribution is 2.38. The Morgan fingerprint density at radius 1 is 0.846 bits per heavy atom. The highest BCUT2D eigenvalue weighted by molar-refractivity contribution is 5.46. The predicted octanol–water partition coefficient (Wildman–Crippen LogP) is 1.78. The van der Waals surface area contributed by atoms with Crippen molar-refractivity contribution >= 4 is 5.95 Å². The third-order valence-electron chi connectivity index (χ3n) is 5.58. The highest BCUT2D eigenvalue weighted by Gasteiger charge is 2.24. The number of fused-ring (bicyclic) bond motifs is 1. The number of hydrogen-bond donors (Lipinski definition) is 2. The van der Waals surface area contributed by atoms with E-state index in [9.17, 15) is 10.2 Å². The third kappa shape index (κ3) is 3.35. The molecule has 0 bridgehead atoms. The first-order chi connectivity index (χ1) is 12.7. The molecule has 0 aromatic carbocycles. The van der Waals surface area contributed by atoms with Gasteiger partial charge in [0.15, 0.2) is 11.8 Å². The highest BCUT2D eigenvalue weighted by atomic mass is 16.3. The summed E-state index contributed by atoms with van der Waals surface area (Å²) in [4.78, 5) is 13.3. The number of rotatable bonds is 5. The van der Waals surface area contributed by atoms with Gasteiger partial charge in [-0.2, -0.15) is 0 Å². The van der Waals surface area contributed by atoms with Gasteiger partial charge in [-0.1, -0.05) is 0 Å². The lowest BCUT2D eigenvalue weighted by Gasteiger charge is -2.34. The molecule has 0 atom stereocenters. The van der Waals surface area contributed by atoms with Gasteiger partial charge in [-0.3, -0.25) is 9.47 Å². The molecule has 2 aromatic rings. The fraction of sp³-hybridized carbons (Fsp3) is 0.579. The number of aromatic hydroxyl groups is 2. The van der Waals surface area contributed by atoms with Gasteiger partial charge >= 0.3 is 0 Å². The van der Waals surface area contributed by atoms with Gasteiger partial charge in [0.05, 0.1) is 0 Å². The minimum Gasteiger partial charge on any atom is -0.494 e. The zero-order valence-electron chi connectivity index (χ0n) is 15.1. The zero-order valence-corrected chi connectivity index (χ0v) is 15.1. The molecular formula is C19H27N5O2. The standard InChI is InChI=1S/C19H27N5O2/c25-17-15-5-1-2-6-16(15)18(26)24(17)10-4-9-22-11-13-23(14-12-22)19-20-7-3-8-21-19/h3,7-8,25-26H,1-2,4-6,9-14H2. The quantitative estimate of drug-likeness (QED) is 0.849. The Labute approximate surface area is 153 Å². The molecule has 0 radical (unpaired) electrons. The lowest BCUT2D eigenvalue weighted by atomic mass is 9.95. The Balaban J connectivity index is 1.28. The summed E-state index contributed by atoms with van der Waals surface area (Å²) < 4.78 is 1.70. The molecule has 1 fully saturated rings. The minimum atomic E-state index is 0.281. The number of piperazine rings is 1. The lowest BCUT2D eigenvalue weighted by Crippen LogP contribution is -2.47. The Hall–Kier alpha value is -2.28. The van der Waals surface area contributed by atoms with Crippen molar-refractivity contribution in [1.82, 2.24) is 19.4 Å². The first kappa shape index (κ1) is 17.1. The van der Waals surface area contributed by atoms with Crippen molar-refractivity contribution in [3.63, 3.8) is 0 Å². The Morgan fingerprint density at radius 3 is 2.08 bits per heavy atom. The average Bonchev–Trinajstić information content (AvgIpc) is 2.94. The maximum absolute atomic E-state index is 10.4. The fourth-order valence-corrected chi connectivity index (χ4v) is 4.12. The summed E-state index contributed by atoms with van der Waals surface area (Å²) >= 11 is 0. The van der Waals surface area contributed by atoms with E-state index >= 15 is 0 Å². The summed E-state index contributed by atoms with van der Waals surface area (Å²) in [6.45, 7) is 5.45. The van der Waals surface area contributed by atoms with E-state index in [2.05, 4.69) is 19.8 Å². The summed E-state index contributed by atoms with van der Waals surface area (Å²) in [5.74, 6) is 1.37. The van der Waals surface area contributed by atoms with E-state index in [-0.39, 0.29) is 11.8 Å². The van der Waals surface area contributed by atoms with Crippen LogP contribution in [0.1, 0.15) is 30.4 Å². The van der Waals surface area contributed by atoms with Gasteiger partial charge in [0, 0.05) is 56.2 Å². The molecule has 0 unspecified atom stereocenters. The molecule has 0 spiro atoms. The van der Waals surface area contributed by atoms with Crippen LogP contribution < -0.4 is 4.90 Å². The molecule has 7 heteroatoms. The van der Waals surface area contributed by atoms with Crippen molar-refractivity contribution < 1.29 is 10.2 Å². The zero-order chi connectivity index (χ0) is 17.9. The second-order valence-corrected chi connectivity index (χ2v) is 7.19. The summed E-state index contributed by atoms with van der Waals surface area (Å²) in [5.41, 5.74) is 1.93. The summed E-state index contributed by atoms with van der Waals surface area (Å²) in [7, 11) is 0. The average molecular weight is 357 g/mol. The first-order valence-corrected chi connectivity index (χ1v) is 9.60. The van der Waals surface area contributed by atoms with Gasteiger partial charge in [-0.25, -0.2) is 9.97 Å². The second kappa shape index (κ2) is 7.53. The van der Waals surface area contributed by atoms with Gasteiger partial charge in [-0.15, -0.1) is 0 Å².